The van der Waals surface area contributed by atoms with Gasteiger partial charge in [-0.1, -0.05) is 0 Å². The van der Waals surface area contributed by atoms with Crippen LogP contribution in [0.25, 0.3) is 0 Å². The minimum Gasteiger partial charge on any atom is -0.374 e. The van der Waals surface area contributed by atoms with Crippen LogP contribution in [0, 0.1) is 0 Å². The van der Waals surface area contributed by atoms with Crippen LogP contribution in [0.5, 0.6) is 0 Å². The van der Waals surface area contributed by atoms with Crippen molar-refractivity contribution >= 4 is 6.21 Å². The third-order valence-corrected chi connectivity index (χ3v) is 4.57. The highest BCUT2D eigenvalue weighted by atomic mass is 19.4. The molecule has 25 heavy (non-hydrogen) atoms. The number of hydrogen-bond acceptors (Lipinski definition) is 7. The number of nitrogens with two attached hydrogens (primary N) is 1. The summed E-state index contributed by atoms with van der Waals surface area (Å²) in [6.45, 7) is 1.69. The molecule has 8 nitrogen and oxygen atoms in total. The summed E-state index contributed by atoms with van der Waals surface area (Å²) in [4.78, 5) is 3.96. The first kappa shape index (κ1) is 16.4. The minimum absolute atomic E-state index is 0.249. The second-order valence-electron chi connectivity index (χ2n) is 6.15. The number of ether oxygens (including phenoxy) is 2. The third-order valence-electron chi connectivity index (χ3n) is 4.57. The van der Waals surface area contributed by atoms with Gasteiger partial charge in [-0.3, -0.25) is 10.4 Å². The first-order valence-corrected chi connectivity index (χ1v) is 7.69. The highest BCUT2D eigenvalue weighted by molar-refractivity contribution is 5.82. The van der Waals surface area contributed by atoms with E-state index in [1.54, 1.807) is 4.68 Å². The van der Waals surface area contributed by atoms with Crippen LogP contribution in [0.1, 0.15) is 11.3 Å². The minimum atomic E-state index is -4.55. The molecule has 1 spiro atoms. The van der Waals surface area contributed by atoms with Crippen molar-refractivity contribution in [2.24, 2.45) is 10.7 Å². The zero-order chi connectivity index (χ0) is 17.9. The largest absolute Gasteiger partial charge is 0.421 e. The molecule has 1 saturated heterocycles. The van der Waals surface area contributed by atoms with Gasteiger partial charge >= 0.3 is 6.18 Å². The van der Waals surface area contributed by atoms with E-state index in [9.17, 15) is 13.2 Å². The summed E-state index contributed by atoms with van der Waals surface area (Å²) >= 11 is 0. The average molecular weight is 358 g/mol. The summed E-state index contributed by atoms with van der Waals surface area (Å²) in [5.74, 6) is -1.84. The lowest BCUT2D eigenvalue weighted by Gasteiger charge is -2.45. The van der Waals surface area contributed by atoms with Crippen molar-refractivity contribution in [1.29, 1.82) is 0 Å². The maximum Gasteiger partial charge on any atom is 0.421 e. The molecule has 11 heteroatoms. The highest BCUT2D eigenvalue weighted by Crippen LogP contribution is 2.41. The fourth-order valence-electron chi connectivity index (χ4n) is 3.29. The van der Waals surface area contributed by atoms with E-state index in [1.807, 2.05) is 0 Å². The number of alkyl halides is 3. The number of allylic oxidation sites excluding steroid dienone is 1. The molecule has 1 unspecified atom stereocenters. The molecule has 1 fully saturated rings. The molecule has 0 bridgehead atoms. The summed E-state index contributed by atoms with van der Waals surface area (Å²) in [6.07, 6.45) is -2.30. The standard InChI is InChI=1S/C14H17F3N6O2/c1-19-11-9(13(15,16)17)4-20-14(18,22-11)8-5-21-23-2-3-25-12(10(8)23)6-24-7-12/h4-5,19,22H,2-3,6-7,18H2,1H3. The molecule has 0 amide bonds. The van der Waals surface area contributed by atoms with Crippen molar-refractivity contribution < 1.29 is 22.6 Å². The van der Waals surface area contributed by atoms with Gasteiger partial charge in [0.15, 0.2) is 5.60 Å². The Morgan fingerprint density at radius 1 is 1.40 bits per heavy atom. The Labute approximate surface area is 140 Å². The Hall–Kier alpha value is -2.11. The van der Waals surface area contributed by atoms with Crippen LogP contribution in [-0.2, 0) is 27.4 Å². The molecule has 4 rings (SSSR count). The molecule has 1 aromatic rings. The van der Waals surface area contributed by atoms with Gasteiger partial charge in [-0.25, -0.2) is 4.99 Å². The average Bonchev–Trinajstić information content (AvgIpc) is 2.97. The Morgan fingerprint density at radius 3 is 2.76 bits per heavy atom. The monoisotopic (exact) mass is 358 g/mol. The Balaban J connectivity index is 1.76. The molecule has 0 radical (unpaired) electrons. The van der Waals surface area contributed by atoms with Gasteiger partial charge < -0.3 is 20.1 Å². The number of aromatic nitrogens is 2. The van der Waals surface area contributed by atoms with Crippen LogP contribution < -0.4 is 16.4 Å². The first-order chi connectivity index (χ1) is 11.8. The van der Waals surface area contributed by atoms with Gasteiger partial charge in [0.2, 0.25) is 5.79 Å². The van der Waals surface area contributed by atoms with E-state index < -0.39 is 23.1 Å². The number of nitrogens with zero attached hydrogens (tertiary/aromatic N) is 3. The molecule has 1 atom stereocenters. The molecule has 4 heterocycles. The van der Waals surface area contributed by atoms with Crippen LogP contribution in [0.4, 0.5) is 13.2 Å². The van der Waals surface area contributed by atoms with E-state index in [0.717, 1.165) is 6.21 Å². The van der Waals surface area contributed by atoms with E-state index >= 15 is 0 Å². The molecule has 3 aliphatic heterocycles. The third kappa shape index (κ3) is 2.34. The van der Waals surface area contributed by atoms with Gasteiger partial charge in [-0.2, -0.15) is 18.3 Å². The van der Waals surface area contributed by atoms with Gasteiger partial charge in [-0.05, 0) is 0 Å². The molecule has 3 aliphatic rings. The van der Waals surface area contributed by atoms with Crippen molar-refractivity contribution in [1.82, 2.24) is 20.4 Å². The Kier molecular flexibility index (Phi) is 3.40. The molecule has 0 saturated carbocycles. The van der Waals surface area contributed by atoms with Gasteiger partial charge in [0.1, 0.15) is 11.4 Å². The summed E-state index contributed by atoms with van der Waals surface area (Å²) < 4.78 is 52.2. The zero-order valence-electron chi connectivity index (χ0n) is 13.4. The van der Waals surface area contributed by atoms with E-state index in [1.165, 1.54) is 13.2 Å². The second-order valence-corrected chi connectivity index (χ2v) is 6.15. The van der Waals surface area contributed by atoms with Gasteiger partial charge in [0, 0.05) is 13.3 Å². The van der Waals surface area contributed by atoms with Crippen LogP contribution in [0.3, 0.4) is 0 Å². The number of aliphatic imine (C=N–C) groups is 1. The number of fused-ring (bicyclic) bond motifs is 2. The fraction of sp³-hybridized carbons (Fsp3) is 0.571. The summed E-state index contributed by atoms with van der Waals surface area (Å²) in [5, 5.41) is 9.46. The van der Waals surface area contributed by atoms with Crippen LogP contribution in [-0.4, -0.2) is 49.0 Å². The molecule has 136 valence electrons. The SMILES string of the molecule is CNC1=C(C(F)(F)F)C=NC(N)(c2cnn3c2C2(COC2)OCC3)N1. The van der Waals surface area contributed by atoms with Crippen molar-refractivity contribution in [2.75, 3.05) is 26.9 Å². The predicted octanol–water partition coefficient (Wildman–Crippen LogP) is -0.125. The van der Waals surface area contributed by atoms with E-state index in [4.69, 9.17) is 15.2 Å². The van der Waals surface area contributed by atoms with Crippen LogP contribution >= 0.6 is 0 Å². The van der Waals surface area contributed by atoms with Crippen LogP contribution in [0.15, 0.2) is 22.6 Å². The lowest BCUT2D eigenvalue weighted by Crippen LogP contribution is -2.58. The topological polar surface area (TPSA) is 98.7 Å². The van der Waals surface area contributed by atoms with Gasteiger partial charge in [0.25, 0.3) is 0 Å². The number of nitrogens with one attached hydrogen (secondary N) is 2. The number of halogens is 3. The highest BCUT2D eigenvalue weighted by Gasteiger charge is 2.51. The molecular formula is C14H17F3N6O2. The molecule has 4 N–H and O–H groups in total. The molecule has 0 aliphatic carbocycles. The summed E-state index contributed by atoms with van der Waals surface area (Å²) in [5.41, 5.74) is 5.86. The van der Waals surface area contributed by atoms with E-state index in [-0.39, 0.29) is 5.82 Å². The van der Waals surface area contributed by atoms with Crippen molar-refractivity contribution in [3.05, 3.63) is 28.8 Å². The summed E-state index contributed by atoms with van der Waals surface area (Å²) in [7, 11) is 1.38. The lowest BCUT2D eigenvalue weighted by atomic mass is 9.90. The number of rotatable bonds is 2. The first-order valence-electron chi connectivity index (χ1n) is 7.69. The van der Waals surface area contributed by atoms with E-state index in [0.29, 0.717) is 37.6 Å². The summed E-state index contributed by atoms with van der Waals surface area (Å²) in [6, 6.07) is 0. The van der Waals surface area contributed by atoms with Crippen LogP contribution in [0.2, 0.25) is 0 Å². The fourth-order valence-corrected chi connectivity index (χ4v) is 3.29. The zero-order valence-corrected chi connectivity index (χ0v) is 13.4. The second kappa shape index (κ2) is 5.19. The van der Waals surface area contributed by atoms with E-state index in [2.05, 4.69) is 20.7 Å². The maximum absolute atomic E-state index is 13.1. The van der Waals surface area contributed by atoms with Gasteiger partial charge in [-0.15, -0.1) is 0 Å². The molecular weight excluding hydrogens is 341 g/mol. The quantitative estimate of drug-likeness (QED) is 0.682. The predicted molar refractivity (Wildman–Crippen MR) is 80.3 cm³/mol. The molecule has 1 aromatic heterocycles. The van der Waals surface area contributed by atoms with Crippen molar-refractivity contribution in [3.63, 3.8) is 0 Å². The number of hydrogen-bond donors (Lipinski definition) is 3. The normalized spacial score (nSPS) is 27.7. The van der Waals surface area contributed by atoms with Crippen molar-refractivity contribution in [2.45, 2.75) is 24.1 Å². The molecule has 0 aromatic carbocycles. The van der Waals surface area contributed by atoms with Crippen molar-refractivity contribution in [3.8, 4) is 0 Å². The smallest absolute Gasteiger partial charge is 0.374 e. The Bertz CT molecular complexity index is 767. The maximum atomic E-state index is 13.1. The lowest BCUT2D eigenvalue weighted by molar-refractivity contribution is -0.232. The van der Waals surface area contributed by atoms with Gasteiger partial charge in [0.05, 0.1) is 43.8 Å². The Morgan fingerprint density at radius 2 is 2.16 bits per heavy atom.